The third-order valence-corrected chi connectivity index (χ3v) is 2.64. The maximum atomic E-state index is 11.9. The lowest BCUT2D eigenvalue weighted by molar-refractivity contribution is -0.194. The standard InChI is InChI=1S/C15H24O8/c1-14(2,3)12(19)22-8(10(16)17)9(11(18)21-7)23-13(20)15(4,5)6/h8-9H,1-7H3,(H,16,17). The number of carboxylic acid groups (broad SMARTS) is 1. The van der Waals surface area contributed by atoms with Crippen LogP contribution in [0.1, 0.15) is 41.5 Å². The first-order chi connectivity index (χ1) is 10.2. The van der Waals surface area contributed by atoms with Gasteiger partial charge in [-0.2, -0.15) is 0 Å². The molecule has 0 bridgehead atoms. The third-order valence-electron chi connectivity index (χ3n) is 2.64. The molecule has 0 aromatic heterocycles. The van der Waals surface area contributed by atoms with Crippen LogP contribution in [0.2, 0.25) is 0 Å². The average Bonchev–Trinajstić information content (AvgIpc) is 2.38. The van der Waals surface area contributed by atoms with E-state index in [4.69, 9.17) is 9.47 Å². The molecule has 0 saturated heterocycles. The van der Waals surface area contributed by atoms with Crippen LogP contribution in [0.25, 0.3) is 0 Å². The minimum absolute atomic E-state index is 0.828. The van der Waals surface area contributed by atoms with Crippen LogP contribution in [0.15, 0.2) is 0 Å². The van der Waals surface area contributed by atoms with Gasteiger partial charge in [0.2, 0.25) is 12.2 Å². The summed E-state index contributed by atoms with van der Waals surface area (Å²) in [4.78, 5) is 47.0. The van der Waals surface area contributed by atoms with Gasteiger partial charge in [-0.1, -0.05) is 0 Å². The molecule has 23 heavy (non-hydrogen) atoms. The molecule has 0 saturated carbocycles. The molecule has 8 heteroatoms. The number of hydrogen-bond donors (Lipinski definition) is 1. The molecule has 0 aromatic carbocycles. The number of methoxy groups -OCH3 is 1. The van der Waals surface area contributed by atoms with Gasteiger partial charge >= 0.3 is 23.9 Å². The smallest absolute Gasteiger partial charge is 0.351 e. The molecule has 0 aliphatic carbocycles. The Morgan fingerprint density at radius 2 is 1.13 bits per heavy atom. The zero-order valence-electron chi connectivity index (χ0n) is 14.5. The highest BCUT2D eigenvalue weighted by Crippen LogP contribution is 2.22. The SMILES string of the molecule is COC(=O)C(OC(=O)C(C)(C)C)C(OC(=O)C(C)(C)C)C(=O)O. The summed E-state index contributed by atoms with van der Waals surface area (Å²) in [6, 6.07) is 0. The lowest BCUT2D eigenvalue weighted by Crippen LogP contribution is -2.48. The lowest BCUT2D eigenvalue weighted by atomic mass is 9.96. The Bertz CT molecular complexity index is 481. The van der Waals surface area contributed by atoms with Crippen molar-refractivity contribution in [2.24, 2.45) is 10.8 Å². The molecule has 0 aliphatic rings. The van der Waals surface area contributed by atoms with Gasteiger partial charge in [-0.15, -0.1) is 0 Å². The number of esters is 3. The summed E-state index contributed by atoms with van der Waals surface area (Å²) in [5.74, 6) is -4.44. The molecule has 0 radical (unpaired) electrons. The predicted octanol–water partition coefficient (Wildman–Crippen LogP) is 1.16. The van der Waals surface area contributed by atoms with Gasteiger partial charge in [0.25, 0.3) is 0 Å². The van der Waals surface area contributed by atoms with Crippen LogP contribution in [0, 0.1) is 10.8 Å². The summed E-state index contributed by atoms with van der Waals surface area (Å²) in [5.41, 5.74) is -1.98. The zero-order chi connectivity index (χ0) is 18.6. The molecule has 8 nitrogen and oxygen atoms in total. The van der Waals surface area contributed by atoms with Crippen molar-refractivity contribution >= 4 is 23.9 Å². The first-order valence-corrected chi connectivity index (χ1v) is 6.94. The third kappa shape index (κ3) is 6.25. The van der Waals surface area contributed by atoms with Gasteiger partial charge in [0.1, 0.15) is 0 Å². The maximum absolute atomic E-state index is 11.9. The van der Waals surface area contributed by atoms with Crippen molar-refractivity contribution in [2.75, 3.05) is 7.11 Å². The van der Waals surface area contributed by atoms with Crippen LogP contribution in [0.3, 0.4) is 0 Å². The van der Waals surface area contributed by atoms with E-state index in [-0.39, 0.29) is 0 Å². The van der Waals surface area contributed by atoms with E-state index in [1.54, 1.807) is 0 Å². The van der Waals surface area contributed by atoms with Crippen LogP contribution in [-0.2, 0) is 33.4 Å². The van der Waals surface area contributed by atoms with Gasteiger partial charge in [-0.25, -0.2) is 9.59 Å². The largest absolute Gasteiger partial charge is 0.478 e. The molecular weight excluding hydrogens is 308 g/mol. The van der Waals surface area contributed by atoms with E-state index in [2.05, 4.69) is 4.74 Å². The number of aliphatic carboxylic acids is 1. The molecule has 0 amide bonds. The zero-order valence-corrected chi connectivity index (χ0v) is 14.5. The van der Waals surface area contributed by atoms with Crippen molar-refractivity contribution in [3.8, 4) is 0 Å². The second kappa shape index (κ2) is 7.43. The van der Waals surface area contributed by atoms with Gasteiger partial charge in [0.15, 0.2) is 0 Å². The van der Waals surface area contributed by atoms with Crippen molar-refractivity contribution in [3.63, 3.8) is 0 Å². The maximum Gasteiger partial charge on any atom is 0.351 e. The molecule has 132 valence electrons. The number of carbonyl (C=O) groups excluding carboxylic acids is 3. The summed E-state index contributed by atoms with van der Waals surface area (Å²) in [7, 11) is 1.00. The van der Waals surface area contributed by atoms with Crippen molar-refractivity contribution in [1.82, 2.24) is 0 Å². The number of carbonyl (C=O) groups is 4. The second-order valence-corrected chi connectivity index (χ2v) is 7.01. The molecule has 0 rings (SSSR count). The molecular formula is C15H24O8. The molecule has 0 spiro atoms. The molecule has 2 unspecified atom stereocenters. The first-order valence-electron chi connectivity index (χ1n) is 6.94. The molecule has 0 aliphatic heterocycles. The predicted molar refractivity (Wildman–Crippen MR) is 78.3 cm³/mol. The fraction of sp³-hybridized carbons (Fsp3) is 0.733. The number of ether oxygens (including phenoxy) is 3. The van der Waals surface area contributed by atoms with Crippen LogP contribution in [-0.4, -0.2) is 48.3 Å². The van der Waals surface area contributed by atoms with Crippen LogP contribution < -0.4 is 0 Å². The highest BCUT2D eigenvalue weighted by atomic mass is 16.6. The minimum Gasteiger partial charge on any atom is -0.478 e. The Hall–Kier alpha value is -2.12. The topological polar surface area (TPSA) is 116 Å². The van der Waals surface area contributed by atoms with Crippen LogP contribution in [0.4, 0.5) is 0 Å². The van der Waals surface area contributed by atoms with Crippen molar-refractivity contribution in [3.05, 3.63) is 0 Å². The Kier molecular flexibility index (Phi) is 6.75. The van der Waals surface area contributed by atoms with E-state index in [0.29, 0.717) is 0 Å². The Morgan fingerprint density at radius 1 is 0.783 bits per heavy atom. The summed E-state index contributed by atoms with van der Waals surface area (Å²) in [6.07, 6.45) is -3.89. The van der Waals surface area contributed by atoms with Gasteiger partial charge in [0, 0.05) is 0 Å². The van der Waals surface area contributed by atoms with E-state index in [9.17, 15) is 24.3 Å². The second-order valence-electron chi connectivity index (χ2n) is 7.01. The highest BCUT2D eigenvalue weighted by molar-refractivity contribution is 5.89. The highest BCUT2D eigenvalue weighted by Gasteiger charge is 2.44. The van der Waals surface area contributed by atoms with Gasteiger partial charge in [-0.3, -0.25) is 9.59 Å². The van der Waals surface area contributed by atoms with E-state index < -0.39 is 46.9 Å². The number of carboxylic acids is 1. The van der Waals surface area contributed by atoms with E-state index >= 15 is 0 Å². The Labute approximate surface area is 135 Å². The quantitative estimate of drug-likeness (QED) is 0.589. The lowest BCUT2D eigenvalue weighted by Gasteiger charge is -2.27. The van der Waals surface area contributed by atoms with Gasteiger partial charge in [-0.05, 0) is 41.5 Å². The molecule has 0 aromatic rings. The van der Waals surface area contributed by atoms with Gasteiger partial charge < -0.3 is 19.3 Å². The van der Waals surface area contributed by atoms with Crippen molar-refractivity contribution < 1.29 is 38.5 Å². The van der Waals surface area contributed by atoms with Crippen LogP contribution >= 0.6 is 0 Å². The molecule has 0 heterocycles. The summed E-state index contributed by atoms with van der Waals surface area (Å²) < 4.78 is 14.2. The van der Waals surface area contributed by atoms with Gasteiger partial charge in [0.05, 0.1) is 17.9 Å². The van der Waals surface area contributed by atoms with E-state index in [0.717, 1.165) is 7.11 Å². The van der Waals surface area contributed by atoms with Crippen molar-refractivity contribution in [1.29, 1.82) is 0 Å². The fourth-order valence-electron chi connectivity index (χ4n) is 1.18. The van der Waals surface area contributed by atoms with E-state index in [1.165, 1.54) is 41.5 Å². The number of rotatable bonds is 5. The van der Waals surface area contributed by atoms with Crippen LogP contribution in [0.5, 0.6) is 0 Å². The average molecular weight is 332 g/mol. The summed E-state index contributed by atoms with van der Waals surface area (Å²) >= 11 is 0. The normalized spacial score (nSPS) is 14.4. The summed E-state index contributed by atoms with van der Waals surface area (Å²) in [5, 5.41) is 9.24. The molecule has 2 atom stereocenters. The van der Waals surface area contributed by atoms with Crippen molar-refractivity contribution in [2.45, 2.75) is 53.8 Å². The van der Waals surface area contributed by atoms with E-state index in [1.807, 2.05) is 0 Å². The summed E-state index contributed by atoms with van der Waals surface area (Å²) in [6.45, 7) is 9.13. The molecule has 1 N–H and O–H groups in total. The fourth-order valence-corrected chi connectivity index (χ4v) is 1.18. The monoisotopic (exact) mass is 332 g/mol. The Balaban J connectivity index is 5.53. The minimum atomic E-state index is -2.00. The Morgan fingerprint density at radius 3 is 1.39 bits per heavy atom. The number of hydrogen-bond acceptors (Lipinski definition) is 7. The molecule has 0 fully saturated rings. The first kappa shape index (κ1) is 20.9.